The first-order valence-electron chi connectivity index (χ1n) is 7.37. The van der Waals surface area contributed by atoms with E-state index in [0.717, 1.165) is 30.8 Å². The molecule has 120 valence electrons. The number of nitrogens with zero attached hydrogens (tertiary/aromatic N) is 3. The number of aromatic amines is 1. The number of anilines is 1. The monoisotopic (exact) mass is 321 g/mol. The van der Waals surface area contributed by atoms with Crippen LogP contribution in [-0.4, -0.2) is 27.5 Å². The highest BCUT2D eigenvalue weighted by molar-refractivity contribution is 7.15. The van der Waals surface area contributed by atoms with E-state index >= 15 is 0 Å². The van der Waals surface area contributed by atoms with Gasteiger partial charge >= 0.3 is 0 Å². The first-order valence-corrected chi connectivity index (χ1v) is 8.19. The first-order chi connectivity index (χ1) is 10.6. The molecule has 22 heavy (non-hydrogen) atoms. The molecule has 2 aromatic heterocycles. The topological polar surface area (TPSA) is 118 Å². The highest BCUT2D eigenvalue weighted by atomic mass is 32.1. The van der Waals surface area contributed by atoms with E-state index in [1.165, 1.54) is 4.88 Å². The first kappa shape index (κ1) is 16.3. The lowest BCUT2D eigenvalue weighted by Gasteiger charge is -2.15. The molecular weight excluding hydrogens is 298 g/mol. The van der Waals surface area contributed by atoms with E-state index in [0.29, 0.717) is 17.6 Å². The SMILES string of the molecule is CCC(NC(N)=NCCCc1sc(N)nc1C)c1ncc[nH]1. The minimum atomic E-state index is 0.0577. The second-order valence-corrected chi connectivity index (χ2v) is 6.13. The number of aliphatic imine (C=N–C) groups is 1. The molecular formula is C14H23N7S. The van der Waals surface area contributed by atoms with Crippen molar-refractivity contribution in [1.82, 2.24) is 20.3 Å². The molecule has 1 unspecified atom stereocenters. The Labute approximate surface area is 134 Å². The van der Waals surface area contributed by atoms with Gasteiger partial charge in [0.2, 0.25) is 0 Å². The zero-order valence-corrected chi connectivity index (χ0v) is 13.8. The molecule has 8 heteroatoms. The lowest BCUT2D eigenvalue weighted by Crippen LogP contribution is -2.35. The Bertz CT molecular complexity index is 603. The van der Waals surface area contributed by atoms with Crippen LogP contribution >= 0.6 is 11.3 Å². The Morgan fingerprint density at radius 2 is 2.36 bits per heavy atom. The summed E-state index contributed by atoms with van der Waals surface area (Å²) in [5.41, 5.74) is 12.6. The van der Waals surface area contributed by atoms with E-state index in [-0.39, 0.29) is 6.04 Å². The molecule has 0 aliphatic rings. The van der Waals surface area contributed by atoms with Gasteiger partial charge in [-0.1, -0.05) is 6.92 Å². The molecule has 0 radical (unpaired) electrons. The van der Waals surface area contributed by atoms with Crippen molar-refractivity contribution in [3.8, 4) is 0 Å². The van der Waals surface area contributed by atoms with Gasteiger partial charge in [-0.3, -0.25) is 4.99 Å². The maximum Gasteiger partial charge on any atom is 0.189 e. The van der Waals surface area contributed by atoms with Crippen LogP contribution in [-0.2, 0) is 6.42 Å². The van der Waals surface area contributed by atoms with Gasteiger partial charge in [0.15, 0.2) is 11.1 Å². The van der Waals surface area contributed by atoms with Gasteiger partial charge in [0.25, 0.3) is 0 Å². The van der Waals surface area contributed by atoms with Crippen molar-refractivity contribution in [1.29, 1.82) is 0 Å². The van der Waals surface area contributed by atoms with Gasteiger partial charge < -0.3 is 21.8 Å². The van der Waals surface area contributed by atoms with Gasteiger partial charge in [-0.05, 0) is 26.2 Å². The average molecular weight is 321 g/mol. The van der Waals surface area contributed by atoms with Crippen LogP contribution in [0.1, 0.15) is 42.2 Å². The zero-order valence-electron chi connectivity index (χ0n) is 13.0. The molecule has 0 spiro atoms. The number of imidazole rings is 1. The maximum absolute atomic E-state index is 5.94. The third-order valence-electron chi connectivity index (χ3n) is 3.33. The van der Waals surface area contributed by atoms with Crippen LogP contribution < -0.4 is 16.8 Å². The summed E-state index contributed by atoms with van der Waals surface area (Å²) in [6.07, 6.45) is 6.25. The van der Waals surface area contributed by atoms with Crippen LogP contribution in [0.15, 0.2) is 17.4 Å². The second-order valence-electron chi connectivity index (χ2n) is 5.01. The Hall–Kier alpha value is -2.09. The molecule has 0 amide bonds. The van der Waals surface area contributed by atoms with Crippen LogP contribution in [0.25, 0.3) is 0 Å². The normalized spacial score (nSPS) is 13.3. The van der Waals surface area contributed by atoms with Gasteiger partial charge in [0, 0.05) is 23.8 Å². The van der Waals surface area contributed by atoms with Crippen molar-refractivity contribution in [2.75, 3.05) is 12.3 Å². The second kappa shape index (κ2) is 7.79. The molecule has 2 aromatic rings. The smallest absolute Gasteiger partial charge is 0.189 e. The number of hydrogen-bond donors (Lipinski definition) is 4. The van der Waals surface area contributed by atoms with E-state index in [4.69, 9.17) is 11.5 Å². The van der Waals surface area contributed by atoms with Gasteiger partial charge in [0.1, 0.15) is 5.82 Å². The van der Waals surface area contributed by atoms with Crippen LogP contribution in [0, 0.1) is 6.92 Å². The third kappa shape index (κ3) is 4.45. The fourth-order valence-electron chi connectivity index (χ4n) is 2.18. The quantitative estimate of drug-likeness (QED) is 0.352. The standard InChI is InChI=1S/C14H23N7S/c1-3-10(12-17-7-8-18-12)21-13(15)19-6-4-5-11-9(2)20-14(16)22-11/h7-8,10H,3-6H2,1-2H3,(H2,16,20)(H,17,18)(H3,15,19,21). The summed E-state index contributed by atoms with van der Waals surface area (Å²) in [7, 11) is 0. The van der Waals surface area contributed by atoms with Crippen molar-refractivity contribution < 1.29 is 0 Å². The summed E-state index contributed by atoms with van der Waals surface area (Å²) >= 11 is 1.54. The van der Waals surface area contributed by atoms with E-state index in [1.807, 2.05) is 6.92 Å². The Kier molecular flexibility index (Phi) is 5.76. The van der Waals surface area contributed by atoms with Gasteiger partial charge in [-0.15, -0.1) is 11.3 Å². The summed E-state index contributed by atoms with van der Waals surface area (Å²) in [5.74, 6) is 1.32. The van der Waals surface area contributed by atoms with Crippen molar-refractivity contribution in [3.05, 3.63) is 28.8 Å². The van der Waals surface area contributed by atoms with Crippen LogP contribution in [0.5, 0.6) is 0 Å². The number of nitrogens with two attached hydrogens (primary N) is 2. The Morgan fingerprint density at radius 3 is 2.95 bits per heavy atom. The predicted molar refractivity (Wildman–Crippen MR) is 90.8 cm³/mol. The van der Waals surface area contributed by atoms with Crippen molar-refractivity contribution in [3.63, 3.8) is 0 Å². The van der Waals surface area contributed by atoms with E-state index in [2.05, 4.69) is 32.2 Å². The van der Waals surface area contributed by atoms with Crippen LogP contribution in [0.4, 0.5) is 5.13 Å². The predicted octanol–water partition coefficient (Wildman–Crippen LogP) is 1.75. The summed E-state index contributed by atoms with van der Waals surface area (Å²) in [6, 6.07) is 0.0577. The molecule has 0 fully saturated rings. The van der Waals surface area contributed by atoms with E-state index in [1.54, 1.807) is 23.7 Å². The largest absolute Gasteiger partial charge is 0.375 e. The van der Waals surface area contributed by atoms with Crippen molar-refractivity contribution >= 4 is 22.4 Å². The van der Waals surface area contributed by atoms with Crippen molar-refractivity contribution in [2.24, 2.45) is 10.7 Å². The molecule has 0 bridgehead atoms. The number of aryl methyl sites for hydroxylation is 2. The fraction of sp³-hybridized carbons (Fsp3) is 0.500. The van der Waals surface area contributed by atoms with Crippen LogP contribution in [0.2, 0.25) is 0 Å². The number of hydrogen-bond acceptors (Lipinski definition) is 5. The maximum atomic E-state index is 5.94. The molecule has 0 aromatic carbocycles. The zero-order chi connectivity index (χ0) is 15.9. The summed E-state index contributed by atoms with van der Waals surface area (Å²) in [5, 5.41) is 3.81. The third-order valence-corrected chi connectivity index (χ3v) is 4.38. The lowest BCUT2D eigenvalue weighted by molar-refractivity contribution is 0.588. The summed E-state index contributed by atoms with van der Waals surface area (Å²) in [6.45, 7) is 4.73. The van der Waals surface area contributed by atoms with Crippen molar-refractivity contribution in [2.45, 2.75) is 39.2 Å². The number of aromatic nitrogens is 3. The minimum absolute atomic E-state index is 0.0577. The Balaban J connectivity index is 1.79. The van der Waals surface area contributed by atoms with Crippen LogP contribution in [0.3, 0.4) is 0 Å². The average Bonchev–Trinajstić information content (AvgIpc) is 3.11. The van der Waals surface area contributed by atoms with E-state index in [9.17, 15) is 0 Å². The summed E-state index contributed by atoms with van der Waals surface area (Å²) < 4.78 is 0. The molecule has 0 saturated carbocycles. The fourth-order valence-corrected chi connectivity index (χ4v) is 3.05. The molecule has 1 atom stereocenters. The molecule has 6 N–H and O–H groups in total. The number of nitrogen functional groups attached to an aromatic ring is 1. The number of nitrogens with one attached hydrogen (secondary N) is 2. The number of thiazole rings is 1. The molecule has 7 nitrogen and oxygen atoms in total. The Morgan fingerprint density at radius 1 is 1.55 bits per heavy atom. The molecule has 2 rings (SSSR count). The van der Waals surface area contributed by atoms with Gasteiger partial charge in [0.05, 0.1) is 11.7 Å². The molecule has 2 heterocycles. The number of H-pyrrole nitrogens is 1. The molecule has 0 aliphatic carbocycles. The minimum Gasteiger partial charge on any atom is -0.375 e. The lowest BCUT2D eigenvalue weighted by atomic mass is 10.2. The van der Waals surface area contributed by atoms with Gasteiger partial charge in [-0.2, -0.15) is 0 Å². The van der Waals surface area contributed by atoms with E-state index < -0.39 is 0 Å². The van der Waals surface area contributed by atoms with Gasteiger partial charge in [-0.25, -0.2) is 9.97 Å². The summed E-state index contributed by atoms with van der Waals surface area (Å²) in [4.78, 5) is 17.1. The highest BCUT2D eigenvalue weighted by Crippen LogP contribution is 2.20. The molecule has 0 saturated heterocycles. The molecule has 0 aliphatic heterocycles. The number of guanidine groups is 1. The highest BCUT2D eigenvalue weighted by Gasteiger charge is 2.11. The number of rotatable bonds is 7.